The van der Waals surface area contributed by atoms with Crippen LogP contribution in [0.3, 0.4) is 0 Å². The van der Waals surface area contributed by atoms with Crippen molar-refractivity contribution in [2.75, 3.05) is 6.61 Å². The van der Waals surface area contributed by atoms with E-state index in [1.54, 1.807) is 0 Å². The molecule has 0 aliphatic heterocycles. The standard InChI is InChI=1S/C22H34O3/c1-4-11-25-15-7-9-21(2)14(12-15)13-18(23)20-16-5-6-19(24)22(16,3)10-8-17(20)21/h13,15-18,20,23H,4-12H2,1-3H3/t15?,16-,17+,18?,20-,21-,22-/m0/s1. The van der Waals surface area contributed by atoms with Crippen LogP contribution >= 0.6 is 0 Å². The van der Waals surface area contributed by atoms with Gasteiger partial charge in [-0.15, -0.1) is 0 Å². The van der Waals surface area contributed by atoms with E-state index in [1.165, 1.54) is 12.0 Å². The number of fused-ring (bicyclic) bond motifs is 5. The Labute approximate surface area is 152 Å². The lowest BCUT2D eigenvalue weighted by Gasteiger charge is -2.58. The summed E-state index contributed by atoms with van der Waals surface area (Å²) in [5, 5.41) is 11.0. The maximum absolute atomic E-state index is 12.5. The fourth-order valence-corrected chi connectivity index (χ4v) is 6.81. The van der Waals surface area contributed by atoms with E-state index in [4.69, 9.17) is 4.74 Å². The second-order valence-electron chi connectivity index (χ2n) is 9.54. The molecule has 0 bridgehead atoms. The summed E-state index contributed by atoms with van der Waals surface area (Å²) in [4.78, 5) is 12.5. The first-order valence-corrected chi connectivity index (χ1v) is 10.4. The van der Waals surface area contributed by atoms with Crippen molar-refractivity contribution >= 4 is 5.78 Å². The minimum absolute atomic E-state index is 0.175. The highest BCUT2D eigenvalue weighted by Crippen LogP contribution is 2.64. The van der Waals surface area contributed by atoms with Gasteiger partial charge in [-0.25, -0.2) is 0 Å². The van der Waals surface area contributed by atoms with Gasteiger partial charge in [0.2, 0.25) is 0 Å². The highest BCUT2D eigenvalue weighted by atomic mass is 16.5. The molecule has 4 aliphatic carbocycles. The number of Topliss-reactive ketones (excluding diaryl/α,β-unsaturated/α-hetero) is 1. The molecular formula is C22H34O3. The number of ketones is 1. The molecule has 25 heavy (non-hydrogen) atoms. The van der Waals surface area contributed by atoms with Crippen molar-refractivity contribution in [1.82, 2.24) is 0 Å². The van der Waals surface area contributed by atoms with Gasteiger partial charge in [0.25, 0.3) is 0 Å². The normalized spacial score (nSPS) is 49.2. The van der Waals surface area contributed by atoms with Gasteiger partial charge >= 0.3 is 0 Å². The molecule has 3 heteroatoms. The summed E-state index contributed by atoms with van der Waals surface area (Å²) in [5.41, 5.74) is 1.45. The summed E-state index contributed by atoms with van der Waals surface area (Å²) >= 11 is 0. The molecule has 7 atom stereocenters. The summed E-state index contributed by atoms with van der Waals surface area (Å²) < 4.78 is 6.03. The number of ether oxygens (including phenoxy) is 1. The molecule has 0 aromatic rings. The van der Waals surface area contributed by atoms with Gasteiger partial charge in [0.1, 0.15) is 5.78 Å². The summed E-state index contributed by atoms with van der Waals surface area (Å²) in [6.45, 7) is 7.60. The first kappa shape index (κ1) is 17.7. The molecule has 0 saturated heterocycles. The Kier molecular flexibility index (Phi) is 4.39. The Balaban J connectivity index is 1.62. The van der Waals surface area contributed by atoms with E-state index in [0.29, 0.717) is 23.7 Å². The molecular weight excluding hydrogens is 312 g/mol. The number of hydrogen-bond acceptors (Lipinski definition) is 3. The molecule has 3 saturated carbocycles. The predicted octanol–water partition coefficient (Wildman–Crippen LogP) is 4.28. The van der Waals surface area contributed by atoms with Crippen LogP contribution in [0.15, 0.2) is 11.6 Å². The third kappa shape index (κ3) is 2.56. The van der Waals surface area contributed by atoms with Gasteiger partial charge in [-0.1, -0.05) is 32.4 Å². The molecule has 4 aliphatic rings. The fraction of sp³-hybridized carbons (Fsp3) is 0.864. The minimum atomic E-state index is -0.381. The quantitative estimate of drug-likeness (QED) is 0.776. The number of carbonyl (C=O) groups excluding carboxylic acids is 1. The molecule has 0 aromatic heterocycles. The van der Waals surface area contributed by atoms with Gasteiger partial charge in [0.15, 0.2) is 0 Å². The van der Waals surface area contributed by atoms with Crippen molar-refractivity contribution < 1.29 is 14.6 Å². The zero-order valence-corrected chi connectivity index (χ0v) is 16.1. The van der Waals surface area contributed by atoms with Crippen LogP contribution in [0.1, 0.15) is 72.1 Å². The molecule has 140 valence electrons. The number of aliphatic hydroxyl groups excluding tert-OH is 1. The number of hydrogen-bond donors (Lipinski definition) is 1. The third-order valence-electron chi connectivity index (χ3n) is 8.35. The Morgan fingerprint density at radius 3 is 2.64 bits per heavy atom. The lowest BCUT2D eigenvalue weighted by Crippen LogP contribution is -2.54. The van der Waals surface area contributed by atoms with Gasteiger partial charge in [-0.3, -0.25) is 4.79 Å². The molecule has 0 aromatic carbocycles. The molecule has 2 unspecified atom stereocenters. The molecule has 0 amide bonds. The van der Waals surface area contributed by atoms with Crippen molar-refractivity contribution in [3.63, 3.8) is 0 Å². The predicted molar refractivity (Wildman–Crippen MR) is 98.1 cm³/mol. The maximum atomic E-state index is 12.5. The van der Waals surface area contributed by atoms with E-state index in [0.717, 1.165) is 51.6 Å². The fourth-order valence-electron chi connectivity index (χ4n) is 6.81. The van der Waals surface area contributed by atoms with Crippen molar-refractivity contribution in [2.45, 2.75) is 84.3 Å². The Hall–Kier alpha value is -0.670. The van der Waals surface area contributed by atoms with E-state index in [9.17, 15) is 9.90 Å². The molecule has 0 radical (unpaired) electrons. The molecule has 3 fully saturated rings. The zero-order chi connectivity index (χ0) is 17.8. The lowest BCUT2D eigenvalue weighted by atomic mass is 9.47. The van der Waals surface area contributed by atoms with Gasteiger partial charge < -0.3 is 9.84 Å². The van der Waals surface area contributed by atoms with Crippen LogP contribution in [0, 0.1) is 28.6 Å². The smallest absolute Gasteiger partial charge is 0.139 e. The molecule has 3 nitrogen and oxygen atoms in total. The first-order valence-electron chi connectivity index (χ1n) is 10.4. The Bertz CT molecular complexity index is 582. The molecule has 0 spiro atoms. The largest absolute Gasteiger partial charge is 0.389 e. The van der Waals surface area contributed by atoms with Crippen LogP contribution in [0.25, 0.3) is 0 Å². The van der Waals surface area contributed by atoms with Gasteiger partial charge in [-0.2, -0.15) is 0 Å². The number of rotatable bonds is 3. The van der Waals surface area contributed by atoms with Crippen molar-refractivity contribution in [1.29, 1.82) is 0 Å². The van der Waals surface area contributed by atoms with Crippen molar-refractivity contribution in [3.05, 3.63) is 11.6 Å². The van der Waals surface area contributed by atoms with E-state index in [-0.39, 0.29) is 22.9 Å². The third-order valence-corrected chi connectivity index (χ3v) is 8.35. The molecule has 0 heterocycles. The maximum Gasteiger partial charge on any atom is 0.139 e. The number of aliphatic hydroxyl groups is 1. The van der Waals surface area contributed by atoms with Crippen LogP contribution < -0.4 is 0 Å². The lowest BCUT2D eigenvalue weighted by molar-refractivity contribution is -0.136. The summed E-state index contributed by atoms with van der Waals surface area (Å²) in [6, 6.07) is 0. The summed E-state index contributed by atoms with van der Waals surface area (Å²) in [6.07, 6.45) is 10.3. The summed E-state index contributed by atoms with van der Waals surface area (Å²) in [7, 11) is 0. The van der Waals surface area contributed by atoms with Gasteiger partial charge in [-0.05, 0) is 68.1 Å². The first-order chi connectivity index (χ1) is 11.9. The van der Waals surface area contributed by atoms with Crippen LogP contribution in [0.5, 0.6) is 0 Å². The van der Waals surface area contributed by atoms with Crippen LogP contribution in [0.4, 0.5) is 0 Å². The van der Waals surface area contributed by atoms with Gasteiger partial charge in [0, 0.05) is 18.4 Å². The second kappa shape index (κ2) is 6.20. The SMILES string of the molecule is CCCOC1CC[C@@]2(C)C(=CC(O)[C@@H]3[C@H]2CC[C@]2(C)C(=O)CC[C@@H]32)C1. The average molecular weight is 347 g/mol. The summed E-state index contributed by atoms with van der Waals surface area (Å²) in [5.74, 6) is 1.61. The topological polar surface area (TPSA) is 46.5 Å². The highest BCUT2D eigenvalue weighted by Gasteiger charge is 2.60. The Morgan fingerprint density at radius 1 is 1.16 bits per heavy atom. The average Bonchev–Trinajstić information content (AvgIpc) is 2.89. The van der Waals surface area contributed by atoms with Crippen molar-refractivity contribution in [3.8, 4) is 0 Å². The van der Waals surface area contributed by atoms with Crippen LogP contribution in [-0.4, -0.2) is 29.7 Å². The van der Waals surface area contributed by atoms with E-state index >= 15 is 0 Å². The van der Waals surface area contributed by atoms with Gasteiger partial charge in [0.05, 0.1) is 12.2 Å². The minimum Gasteiger partial charge on any atom is -0.389 e. The monoisotopic (exact) mass is 346 g/mol. The zero-order valence-electron chi connectivity index (χ0n) is 16.1. The molecule has 4 rings (SSSR count). The van der Waals surface area contributed by atoms with Crippen LogP contribution in [-0.2, 0) is 9.53 Å². The van der Waals surface area contributed by atoms with E-state index in [1.807, 2.05) is 0 Å². The highest BCUT2D eigenvalue weighted by molar-refractivity contribution is 5.87. The number of carbonyl (C=O) groups is 1. The second-order valence-corrected chi connectivity index (χ2v) is 9.54. The van der Waals surface area contributed by atoms with Crippen LogP contribution in [0.2, 0.25) is 0 Å². The van der Waals surface area contributed by atoms with E-state index < -0.39 is 0 Å². The Morgan fingerprint density at radius 2 is 1.88 bits per heavy atom. The van der Waals surface area contributed by atoms with E-state index in [2.05, 4.69) is 26.8 Å². The molecule has 1 N–H and O–H groups in total. The van der Waals surface area contributed by atoms with Crippen molar-refractivity contribution in [2.24, 2.45) is 28.6 Å².